The molecule has 1 heterocycles. The summed E-state index contributed by atoms with van der Waals surface area (Å²) in [7, 11) is 0. The smallest absolute Gasteiger partial charge is 0.312 e. The third kappa shape index (κ3) is 4.73. The van der Waals surface area contributed by atoms with Crippen molar-refractivity contribution in [2.45, 2.75) is 26.4 Å². The lowest BCUT2D eigenvalue weighted by atomic mass is 10.1. The zero-order valence-corrected chi connectivity index (χ0v) is 15.9. The zero-order valence-electron chi connectivity index (χ0n) is 15.9. The van der Waals surface area contributed by atoms with E-state index in [2.05, 4.69) is 15.5 Å². The molecule has 2 aromatic carbocycles. The van der Waals surface area contributed by atoms with Crippen LogP contribution in [0.1, 0.15) is 29.9 Å². The molecule has 3 rings (SSSR count). The minimum atomic E-state index is -1.06. The van der Waals surface area contributed by atoms with Gasteiger partial charge in [0.2, 0.25) is 0 Å². The van der Waals surface area contributed by atoms with E-state index in [-0.39, 0.29) is 17.8 Å². The molecule has 1 amide bonds. The number of benzene rings is 2. The second-order valence-electron chi connectivity index (χ2n) is 6.48. The summed E-state index contributed by atoms with van der Waals surface area (Å²) in [6.45, 7) is 2.88. The average molecular weight is 393 g/mol. The van der Waals surface area contributed by atoms with Crippen molar-refractivity contribution < 1.29 is 19.1 Å². The summed E-state index contributed by atoms with van der Waals surface area (Å²) in [6, 6.07) is 13.3. The van der Waals surface area contributed by atoms with E-state index in [4.69, 9.17) is 4.74 Å². The molecule has 0 saturated heterocycles. The highest BCUT2D eigenvalue weighted by atomic mass is 16.5. The first-order chi connectivity index (χ1) is 13.8. The fourth-order valence-electron chi connectivity index (χ4n) is 2.80. The first kappa shape index (κ1) is 19.9. The van der Waals surface area contributed by atoms with Crippen molar-refractivity contribution in [2.24, 2.45) is 0 Å². The summed E-state index contributed by atoms with van der Waals surface area (Å²) in [5, 5.41) is 9.85. The van der Waals surface area contributed by atoms with Crippen LogP contribution < -0.4 is 10.9 Å². The molecule has 0 saturated carbocycles. The molecule has 0 unspecified atom stereocenters. The second kappa shape index (κ2) is 8.47. The Morgan fingerprint density at radius 3 is 2.55 bits per heavy atom. The van der Waals surface area contributed by atoms with Gasteiger partial charge in [0.05, 0.1) is 17.5 Å². The molecule has 0 aliphatic carbocycles. The van der Waals surface area contributed by atoms with Gasteiger partial charge in [-0.1, -0.05) is 30.3 Å². The molecule has 29 heavy (non-hydrogen) atoms. The van der Waals surface area contributed by atoms with Crippen LogP contribution in [0.2, 0.25) is 0 Å². The predicted octanol–water partition coefficient (Wildman–Crippen LogP) is 2.24. The van der Waals surface area contributed by atoms with Crippen molar-refractivity contribution in [2.75, 3.05) is 5.32 Å². The molecule has 0 spiro atoms. The Kier molecular flexibility index (Phi) is 5.82. The number of Topliss-reactive ketones (excluding diaryl/α,β-unsaturated/α-hetero) is 1. The number of fused-ring (bicyclic) bond motifs is 1. The largest absolute Gasteiger partial charge is 0.452 e. The molecule has 0 aliphatic rings. The molecular weight excluding hydrogens is 374 g/mol. The van der Waals surface area contributed by atoms with Gasteiger partial charge in [-0.3, -0.25) is 19.2 Å². The van der Waals surface area contributed by atoms with Crippen LogP contribution in [0.25, 0.3) is 10.8 Å². The van der Waals surface area contributed by atoms with Gasteiger partial charge in [-0.25, -0.2) is 5.10 Å². The van der Waals surface area contributed by atoms with Crippen molar-refractivity contribution in [3.63, 3.8) is 0 Å². The van der Waals surface area contributed by atoms with Crippen molar-refractivity contribution in [3.05, 3.63) is 70.1 Å². The van der Waals surface area contributed by atoms with Crippen LogP contribution in [0, 0.1) is 0 Å². The highest BCUT2D eigenvalue weighted by molar-refractivity contribution is 5.98. The maximum absolute atomic E-state index is 12.3. The number of H-pyrrole nitrogens is 1. The molecule has 2 N–H and O–H groups in total. The van der Waals surface area contributed by atoms with Crippen LogP contribution in [-0.2, 0) is 20.7 Å². The van der Waals surface area contributed by atoms with Gasteiger partial charge >= 0.3 is 5.97 Å². The summed E-state index contributed by atoms with van der Waals surface area (Å²) in [6.07, 6.45) is -1.26. The summed E-state index contributed by atoms with van der Waals surface area (Å²) in [5.41, 5.74) is 0.896. The molecule has 0 fully saturated rings. The Balaban J connectivity index is 1.66. The Hall–Kier alpha value is -3.81. The number of carbonyl (C=O) groups excluding carboxylic acids is 3. The average Bonchev–Trinajstić information content (AvgIpc) is 2.70. The zero-order chi connectivity index (χ0) is 21.0. The first-order valence-corrected chi connectivity index (χ1v) is 8.93. The van der Waals surface area contributed by atoms with Gasteiger partial charge in [0, 0.05) is 16.6 Å². The first-order valence-electron chi connectivity index (χ1n) is 8.93. The molecule has 0 aliphatic heterocycles. The standard InChI is InChI=1S/C21H19N3O5/c1-12(25)14-6-5-7-15(10-14)22-20(27)13(2)29-19(26)11-18-16-8-3-4-9-17(16)21(28)24-23-18/h3-10,13H,11H2,1-2H3,(H,22,27)(H,24,28)/t13-/m1/s1. The molecule has 8 heteroatoms. The number of hydrogen-bond acceptors (Lipinski definition) is 6. The number of nitrogens with one attached hydrogen (secondary N) is 2. The molecule has 148 valence electrons. The Bertz CT molecular complexity index is 1150. The number of aromatic amines is 1. The van der Waals surface area contributed by atoms with Gasteiger partial charge in [-0.05, 0) is 32.0 Å². The van der Waals surface area contributed by atoms with E-state index < -0.39 is 18.0 Å². The van der Waals surface area contributed by atoms with Crippen LogP contribution in [0.4, 0.5) is 5.69 Å². The van der Waals surface area contributed by atoms with Crippen LogP contribution in [0.5, 0.6) is 0 Å². The number of carbonyl (C=O) groups is 3. The molecule has 0 radical (unpaired) electrons. The summed E-state index contributed by atoms with van der Waals surface area (Å²) < 4.78 is 5.20. The van der Waals surface area contributed by atoms with Crippen LogP contribution in [0.15, 0.2) is 53.3 Å². The molecule has 3 aromatic rings. The number of hydrogen-bond donors (Lipinski definition) is 2. The van der Waals surface area contributed by atoms with Gasteiger partial charge in [0.1, 0.15) is 0 Å². The SMILES string of the molecule is CC(=O)c1cccc(NC(=O)[C@@H](C)OC(=O)Cc2n[nH]c(=O)c3ccccc23)c1. The number of amides is 1. The number of nitrogens with zero attached hydrogens (tertiary/aromatic N) is 1. The Morgan fingerprint density at radius 2 is 1.83 bits per heavy atom. The summed E-state index contributed by atoms with van der Waals surface area (Å²) >= 11 is 0. The van der Waals surface area contributed by atoms with E-state index in [0.717, 1.165) is 0 Å². The topological polar surface area (TPSA) is 118 Å². The highest BCUT2D eigenvalue weighted by Gasteiger charge is 2.20. The molecule has 0 bridgehead atoms. The van der Waals surface area contributed by atoms with Gasteiger partial charge in [0.25, 0.3) is 11.5 Å². The fraction of sp³-hybridized carbons (Fsp3) is 0.190. The Labute approximate surface area is 165 Å². The van der Waals surface area contributed by atoms with Crippen LogP contribution in [0.3, 0.4) is 0 Å². The molecular formula is C21H19N3O5. The van der Waals surface area contributed by atoms with E-state index in [1.165, 1.54) is 13.8 Å². The van der Waals surface area contributed by atoms with Crippen molar-refractivity contribution >= 4 is 34.1 Å². The number of anilines is 1. The molecule has 1 aromatic heterocycles. The number of rotatable bonds is 6. The monoisotopic (exact) mass is 393 g/mol. The number of esters is 1. The van der Waals surface area contributed by atoms with Crippen molar-refractivity contribution in [1.29, 1.82) is 0 Å². The minimum Gasteiger partial charge on any atom is -0.452 e. The maximum atomic E-state index is 12.3. The molecule has 1 atom stereocenters. The maximum Gasteiger partial charge on any atom is 0.312 e. The number of aromatic nitrogens is 2. The quantitative estimate of drug-likeness (QED) is 0.490. The fourth-order valence-corrected chi connectivity index (χ4v) is 2.80. The van der Waals surface area contributed by atoms with E-state index >= 15 is 0 Å². The van der Waals surface area contributed by atoms with E-state index in [0.29, 0.717) is 27.7 Å². The van der Waals surface area contributed by atoms with Crippen LogP contribution >= 0.6 is 0 Å². The Morgan fingerprint density at radius 1 is 1.10 bits per heavy atom. The lowest BCUT2D eigenvalue weighted by Gasteiger charge is -2.14. The third-order valence-corrected chi connectivity index (χ3v) is 4.30. The van der Waals surface area contributed by atoms with E-state index in [9.17, 15) is 19.2 Å². The minimum absolute atomic E-state index is 0.124. The predicted molar refractivity (Wildman–Crippen MR) is 107 cm³/mol. The summed E-state index contributed by atoms with van der Waals surface area (Å²) in [5.74, 6) is -1.31. The summed E-state index contributed by atoms with van der Waals surface area (Å²) in [4.78, 5) is 47.8. The van der Waals surface area contributed by atoms with Crippen LogP contribution in [-0.4, -0.2) is 34.0 Å². The number of ketones is 1. The third-order valence-electron chi connectivity index (χ3n) is 4.30. The second-order valence-corrected chi connectivity index (χ2v) is 6.48. The van der Waals surface area contributed by atoms with E-state index in [1.807, 2.05) is 0 Å². The normalized spacial score (nSPS) is 11.7. The van der Waals surface area contributed by atoms with Gasteiger partial charge in [0.15, 0.2) is 11.9 Å². The number of ether oxygens (including phenoxy) is 1. The van der Waals surface area contributed by atoms with Crippen molar-refractivity contribution in [1.82, 2.24) is 10.2 Å². The van der Waals surface area contributed by atoms with Gasteiger partial charge < -0.3 is 10.1 Å². The lowest BCUT2D eigenvalue weighted by molar-refractivity contribution is -0.152. The molecule has 8 nitrogen and oxygen atoms in total. The van der Waals surface area contributed by atoms with Gasteiger partial charge in [-0.2, -0.15) is 5.10 Å². The van der Waals surface area contributed by atoms with Gasteiger partial charge in [-0.15, -0.1) is 0 Å². The highest BCUT2D eigenvalue weighted by Crippen LogP contribution is 2.15. The van der Waals surface area contributed by atoms with E-state index in [1.54, 1.807) is 48.5 Å². The van der Waals surface area contributed by atoms with Crippen molar-refractivity contribution in [3.8, 4) is 0 Å². The lowest BCUT2D eigenvalue weighted by Crippen LogP contribution is -2.30.